The molecule has 0 amide bonds. The molecule has 0 aliphatic heterocycles. The second kappa shape index (κ2) is 9.30. The Hall–Kier alpha value is -2.55. The van der Waals surface area contributed by atoms with Gasteiger partial charge in [-0.05, 0) is 53.4 Å². The van der Waals surface area contributed by atoms with Gasteiger partial charge in [0.05, 0.1) is 31.5 Å². The van der Waals surface area contributed by atoms with Gasteiger partial charge in [-0.25, -0.2) is 0 Å². The van der Waals surface area contributed by atoms with E-state index in [0.29, 0.717) is 10.6 Å². The second-order valence-corrected chi connectivity index (χ2v) is 7.09. The highest BCUT2D eigenvalue weighted by atomic mass is 32.2. The first-order valence-corrected chi connectivity index (χ1v) is 9.53. The monoisotopic (exact) mass is 420 g/mol. The molecule has 152 valence electrons. The minimum absolute atomic E-state index is 0.219. The summed E-state index contributed by atoms with van der Waals surface area (Å²) in [5.74, 6) is 0.622. The van der Waals surface area contributed by atoms with E-state index in [2.05, 4.69) is 9.71 Å². The van der Waals surface area contributed by atoms with Crippen molar-refractivity contribution in [3.05, 3.63) is 78.1 Å². The number of benzene rings is 2. The maximum Gasteiger partial charge on any atom is 0.416 e. The molecule has 1 aromatic heterocycles. The summed E-state index contributed by atoms with van der Waals surface area (Å²) in [6.07, 6.45) is -1.12. The molecule has 2 N–H and O–H groups in total. The highest BCUT2D eigenvalue weighted by Gasteiger charge is 2.30. The number of halogens is 3. The lowest BCUT2D eigenvalue weighted by Gasteiger charge is -2.18. The third kappa shape index (κ3) is 5.29. The number of aliphatic hydroxyl groups is 1. The zero-order chi connectivity index (χ0) is 20.9. The number of alkyl halides is 3. The minimum atomic E-state index is -4.40. The van der Waals surface area contributed by atoms with E-state index in [1.165, 1.54) is 6.07 Å². The van der Waals surface area contributed by atoms with Gasteiger partial charge < -0.3 is 9.84 Å². The molecule has 1 heterocycles. The molecule has 29 heavy (non-hydrogen) atoms. The van der Waals surface area contributed by atoms with Gasteiger partial charge in [-0.2, -0.15) is 13.2 Å². The second-order valence-electron chi connectivity index (χ2n) is 6.18. The van der Waals surface area contributed by atoms with Gasteiger partial charge in [-0.1, -0.05) is 24.3 Å². The SMILES string of the molecule is COc1cnccc1-c1cccc(C(CO)NSc2cccc(C(F)(F)F)c2)c1. The molecule has 2 aromatic carbocycles. The molecule has 3 aromatic rings. The van der Waals surface area contributed by atoms with Crippen LogP contribution in [0.5, 0.6) is 5.75 Å². The van der Waals surface area contributed by atoms with Crippen molar-refractivity contribution in [2.45, 2.75) is 17.1 Å². The van der Waals surface area contributed by atoms with Gasteiger partial charge in [0, 0.05) is 16.7 Å². The lowest BCUT2D eigenvalue weighted by atomic mass is 10.0. The Labute approximate surface area is 170 Å². The number of methoxy groups -OCH3 is 1. The number of ether oxygens (including phenoxy) is 1. The standard InChI is InChI=1S/C21H19F3N2O2S/c1-28-20-12-25-9-8-18(20)14-4-2-5-15(10-14)19(13-27)26-29-17-7-3-6-16(11-17)21(22,23)24/h2-12,19,26-27H,13H2,1H3. The Morgan fingerprint density at radius 3 is 2.66 bits per heavy atom. The molecular weight excluding hydrogens is 401 g/mol. The van der Waals surface area contributed by atoms with Crippen LogP contribution in [-0.2, 0) is 6.18 Å². The number of hydrogen-bond acceptors (Lipinski definition) is 5. The van der Waals surface area contributed by atoms with Gasteiger partial charge in [-0.15, -0.1) is 0 Å². The molecule has 1 atom stereocenters. The molecule has 0 saturated heterocycles. The van der Waals surface area contributed by atoms with E-state index >= 15 is 0 Å². The quantitative estimate of drug-likeness (QED) is 0.521. The van der Waals surface area contributed by atoms with Crippen LogP contribution in [0.25, 0.3) is 11.1 Å². The first-order chi connectivity index (χ1) is 13.9. The summed E-state index contributed by atoms with van der Waals surface area (Å²) in [6, 6.07) is 13.9. The Morgan fingerprint density at radius 1 is 1.14 bits per heavy atom. The predicted molar refractivity (Wildman–Crippen MR) is 106 cm³/mol. The summed E-state index contributed by atoms with van der Waals surface area (Å²) >= 11 is 1.04. The van der Waals surface area contributed by atoms with Gasteiger partial charge in [0.15, 0.2) is 0 Å². The Bertz CT molecular complexity index is 966. The molecule has 0 fully saturated rings. The van der Waals surface area contributed by atoms with E-state index in [0.717, 1.165) is 40.8 Å². The number of aromatic nitrogens is 1. The van der Waals surface area contributed by atoms with Gasteiger partial charge in [-0.3, -0.25) is 9.71 Å². The number of aliphatic hydroxyl groups excluding tert-OH is 1. The third-order valence-corrected chi connectivity index (χ3v) is 5.16. The first kappa shape index (κ1) is 21.2. The number of nitrogens with zero attached hydrogens (tertiary/aromatic N) is 1. The molecule has 8 heteroatoms. The van der Waals surface area contributed by atoms with E-state index in [1.54, 1.807) is 25.6 Å². The van der Waals surface area contributed by atoms with Crippen LogP contribution in [0, 0.1) is 0 Å². The van der Waals surface area contributed by atoms with Crippen LogP contribution >= 0.6 is 11.9 Å². The molecule has 0 saturated carbocycles. The van der Waals surface area contributed by atoms with Crippen LogP contribution in [0.1, 0.15) is 17.2 Å². The van der Waals surface area contributed by atoms with Gasteiger partial charge in [0.1, 0.15) is 5.75 Å². The van der Waals surface area contributed by atoms with E-state index in [9.17, 15) is 18.3 Å². The molecule has 3 rings (SSSR count). The lowest BCUT2D eigenvalue weighted by molar-refractivity contribution is -0.137. The van der Waals surface area contributed by atoms with Crippen molar-refractivity contribution >= 4 is 11.9 Å². The number of pyridine rings is 1. The van der Waals surface area contributed by atoms with Crippen LogP contribution in [0.2, 0.25) is 0 Å². The van der Waals surface area contributed by atoms with Crippen LogP contribution < -0.4 is 9.46 Å². The fourth-order valence-corrected chi connectivity index (χ4v) is 3.61. The molecule has 0 aliphatic rings. The van der Waals surface area contributed by atoms with Crippen molar-refractivity contribution in [3.63, 3.8) is 0 Å². The number of rotatable bonds is 7. The van der Waals surface area contributed by atoms with Gasteiger partial charge >= 0.3 is 6.18 Å². The van der Waals surface area contributed by atoms with Crippen LogP contribution in [0.4, 0.5) is 13.2 Å². The smallest absolute Gasteiger partial charge is 0.416 e. The summed E-state index contributed by atoms with van der Waals surface area (Å²) in [7, 11) is 1.56. The average molecular weight is 420 g/mol. The molecule has 0 radical (unpaired) electrons. The largest absolute Gasteiger partial charge is 0.494 e. The van der Waals surface area contributed by atoms with Crippen molar-refractivity contribution in [2.24, 2.45) is 0 Å². The Balaban J connectivity index is 1.79. The highest BCUT2D eigenvalue weighted by Crippen LogP contribution is 2.33. The topological polar surface area (TPSA) is 54.4 Å². The van der Waals surface area contributed by atoms with Gasteiger partial charge in [0.2, 0.25) is 0 Å². The highest BCUT2D eigenvalue weighted by molar-refractivity contribution is 7.97. The summed E-state index contributed by atoms with van der Waals surface area (Å²) in [4.78, 5) is 4.45. The minimum Gasteiger partial charge on any atom is -0.494 e. The fourth-order valence-electron chi connectivity index (χ4n) is 2.79. The molecule has 1 unspecified atom stereocenters. The third-order valence-electron chi connectivity index (χ3n) is 4.27. The van der Waals surface area contributed by atoms with E-state index in [1.807, 2.05) is 30.3 Å². The lowest BCUT2D eigenvalue weighted by Crippen LogP contribution is -2.18. The van der Waals surface area contributed by atoms with Crippen LogP contribution in [0.15, 0.2) is 71.9 Å². The van der Waals surface area contributed by atoms with E-state index < -0.39 is 17.8 Å². The van der Waals surface area contributed by atoms with Crippen LogP contribution in [-0.4, -0.2) is 23.8 Å². The molecule has 0 spiro atoms. The predicted octanol–water partition coefficient (Wildman–Crippen LogP) is 5.11. The van der Waals surface area contributed by atoms with Gasteiger partial charge in [0.25, 0.3) is 0 Å². The fraction of sp³-hybridized carbons (Fsp3) is 0.190. The molecule has 0 bridgehead atoms. The van der Waals surface area contributed by atoms with E-state index in [4.69, 9.17) is 4.74 Å². The first-order valence-electron chi connectivity index (χ1n) is 8.71. The average Bonchev–Trinajstić information content (AvgIpc) is 2.74. The van der Waals surface area contributed by atoms with Crippen molar-refractivity contribution < 1.29 is 23.0 Å². The van der Waals surface area contributed by atoms with E-state index in [-0.39, 0.29) is 6.61 Å². The zero-order valence-corrected chi connectivity index (χ0v) is 16.3. The molecule has 0 aliphatic carbocycles. The summed E-state index contributed by atoms with van der Waals surface area (Å²) in [5.41, 5.74) is 1.82. The summed E-state index contributed by atoms with van der Waals surface area (Å²) in [6.45, 7) is -0.219. The van der Waals surface area contributed by atoms with Crippen molar-refractivity contribution in [2.75, 3.05) is 13.7 Å². The summed E-state index contributed by atoms with van der Waals surface area (Å²) < 4.78 is 47.0. The number of nitrogens with one attached hydrogen (secondary N) is 1. The maximum absolute atomic E-state index is 12.9. The summed E-state index contributed by atoms with van der Waals surface area (Å²) in [5, 5.41) is 9.81. The molecule has 4 nitrogen and oxygen atoms in total. The molecular formula is C21H19F3N2O2S. The normalized spacial score (nSPS) is 12.6. The maximum atomic E-state index is 12.9. The Kier molecular flexibility index (Phi) is 6.79. The van der Waals surface area contributed by atoms with Crippen molar-refractivity contribution in [3.8, 4) is 16.9 Å². The van der Waals surface area contributed by atoms with Crippen LogP contribution in [0.3, 0.4) is 0 Å². The zero-order valence-electron chi connectivity index (χ0n) is 15.5. The number of hydrogen-bond donors (Lipinski definition) is 2. The van der Waals surface area contributed by atoms with Crippen molar-refractivity contribution in [1.29, 1.82) is 0 Å². The van der Waals surface area contributed by atoms with Crippen molar-refractivity contribution in [1.82, 2.24) is 9.71 Å². The Morgan fingerprint density at radius 2 is 1.93 bits per heavy atom.